The number of rotatable bonds is 13. The molecule has 2 aromatic rings. The van der Waals surface area contributed by atoms with Gasteiger partial charge in [-0.2, -0.15) is 0 Å². The topological polar surface area (TPSA) is 68.2 Å². The van der Waals surface area contributed by atoms with Gasteiger partial charge < -0.3 is 24.4 Å². The number of hydrogen-bond acceptors (Lipinski definition) is 5. The number of aliphatic hydroxyl groups is 2. The van der Waals surface area contributed by atoms with Crippen molar-refractivity contribution in [3.63, 3.8) is 0 Å². The minimum Gasteiger partial charge on any atom is -0.508 e. The van der Waals surface area contributed by atoms with E-state index in [0.717, 1.165) is 35.1 Å². The summed E-state index contributed by atoms with van der Waals surface area (Å²) in [5, 5.41) is 19.5. The number of aryl methyl sites for hydroxylation is 1. The van der Waals surface area contributed by atoms with Gasteiger partial charge in [-0.05, 0) is 48.2 Å². The first kappa shape index (κ1) is 26.0. The van der Waals surface area contributed by atoms with E-state index in [1.807, 2.05) is 43.3 Å². The summed E-state index contributed by atoms with van der Waals surface area (Å²) in [6, 6.07) is 14.0. The van der Waals surface area contributed by atoms with Crippen LogP contribution in [0.2, 0.25) is 0 Å². The van der Waals surface area contributed by atoms with Crippen molar-refractivity contribution in [1.29, 1.82) is 0 Å². The molecule has 0 radical (unpaired) electrons. The predicted octanol–water partition coefficient (Wildman–Crippen LogP) is 5.89. The van der Waals surface area contributed by atoms with E-state index < -0.39 is 6.10 Å². The molecule has 0 saturated carbocycles. The predicted molar refractivity (Wildman–Crippen MR) is 129 cm³/mol. The van der Waals surface area contributed by atoms with Crippen LogP contribution in [-0.4, -0.2) is 42.7 Å². The zero-order valence-corrected chi connectivity index (χ0v) is 20.2. The minimum absolute atomic E-state index is 0.0191. The summed E-state index contributed by atoms with van der Waals surface area (Å²) in [5.74, 6) is 1.40. The third-order valence-electron chi connectivity index (χ3n) is 5.37. The van der Waals surface area contributed by atoms with Crippen molar-refractivity contribution in [3.8, 4) is 11.5 Å². The van der Waals surface area contributed by atoms with Gasteiger partial charge in [-0.1, -0.05) is 63.1 Å². The summed E-state index contributed by atoms with van der Waals surface area (Å²) in [6.45, 7) is 9.59. The highest BCUT2D eigenvalue weighted by molar-refractivity contribution is 6.25. The molecular weight excluding hydrogens is 428 g/mol. The lowest BCUT2D eigenvalue weighted by Gasteiger charge is -2.27. The second-order valence-corrected chi connectivity index (χ2v) is 8.63. The molecule has 2 aromatic carbocycles. The van der Waals surface area contributed by atoms with Gasteiger partial charge in [0.1, 0.15) is 36.6 Å². The first-order valence-electron chi connectivity index (χ1n) is 11.0. The molecule has 0 saturated heterocycles. The molecule has 0 aliphatic rings. The fourth-order valence-electron chi connectivity index (χ4n) is 3.22. The third-order valence-corrected chi connectivity index (χ3v) is 5.62. The summed E-state index contributed by atoms with van der Waals surface area (Å²) < 4.78 is 16.7. The normalized spacial score (nSPS) is 13.1. The largest absolute Gasteiger partial charge is 0.508 e. The lowest BCUT2D eigenvalue weighted by molar-refractivity contribution is 0.0113. The zero-order chi connectivity index (χ0) is 23.6. The quantitative estimate of drug-likeness (QED) is 0.287. The zero-order valence-electron chi connectivity index (χ0n) is 19.4. The van der Waals surface area contributed by atoms with Crippen LogP contribution in [0.1, 0.15) is 50.3 Å². The Morgan fingerprint density at radius 3 is 2.38 bits per heavy atom. The molecule has 0 bridgehead atoms. The summed E-state index contributed by atoms with van der Waals surface area (Å²) in [4.78, 5) is 0. The molecule has 0 fully saturated rings. The Kier molecular flexibility index (Phi) is 10.4. The van der Waals surface area contributed by atoms with Gasteiger partial charge in [0.2, 0.25) is 0 Å². The second kappa shape index (κ2) is 12.7. The van der Waals surface area contributed by atoms with E-state index in [0.29, 0.717) is 18.1 Å². The van der Waals surface area contributed by atoms with Crippen LogP contribution in [0.25, 0.3) is 0 Å². The maximum Gasteiger partial charge on any atom is 0.146 e. The Hall–Kier alpha value is -2.21. The molecule has 176 valence electrons. The highest BCUT2D eigenvalue weighted by Gasteiger charge is 2.24. The van der Waals surface area contributed by atoms with E-state index >= 15 is 0 Å². The molecule has 5 nitrogen and oxygen atoms in total. The van der Waals surface area contributed by atoms with Gasteiger partial charge in [0.05, 0.1) is 6.61 Å². The van der Waals surface area contributed by atoms with Gasteiger partial charge in [0.15, 0.2) is 0 Å². The summed E-state index contributed by atoms with van der Waals surface area (Å²) >= 11 is 5.47. The van der Waals surface area contributed by atoms with E-state index in [1.54, 1.807) is 0 Å². The summed E-state index contributed by atoms with van der Waals surface area (Å²) in [6.07, 6.45) is 1.42. The standard InChI is InChI=1S/C26H35ClO5/c1-5-6-13-30-16-23(29)18-31-24-10-7-20(8-11-24)26(3,4)21-9-12-25(19(2)14-21)32-17-22(28)15-27/h7-12,14-15,23,28-29H,5-6,13,16-18H2,1-4H3/b22-15-/t23-/m1/s1. The Labute approximate surface area is 196 Å². The number of ether oxygens (including phenoxy) is 3. The third kappa shape index (κ3) is 7.73. The van der Waals surface area contributed by atoms with Crippen LogP contribution in [0, 0.1) is 6.92 Å². The Morgan fingerprint density at radius 2 is 1.75 bits per heavy atom. The summed E-state index contributed by atoms with van der Waals surface area (Å²) in [7, 11) is 0. The number of hydrogen-bond donors (Lipinski definition) is 2. The molecule has 0 amide bonds. The lowest BCUT2D eigenvalue weighted by Crippen LogP contribution is -2.23. The van der Waals surface area contributed by atoms with Crippen LogP contribution >= 0.6 is 11.6 Å². The molecule has 32 heavy (non-hydrogen) atoms. The molecule has 0 aromatic heterocycles. The Morgan fingerprint density at radius 1 is 1.06 bits per heavy atom. The van der Waals surface area contributed by atoms with Gasteiger partial charge in [-0.3, -0.25) is 0 Å². The fourth-order valence-corrected chi connectivity index (χ4v) is 3.29. The fraction of sp³-hybridized carbons (Fsp3) is 0.462. The molecule has 0 aliphatic carbocycles. The lowest BCUT2D eigenvalue weighted by atomic mass is 9.77. The SMILES string of the molecule is CCCCOC[C@@H](O)COc1ccc(C(C)(C)c2ccc(OC/C(O)=C/Cl)c(C)c2)cc1. The van der Waals surface area contributed by atoms with E-state index in [-0.39, 0.29) is 31.0 Å². The number of unbranched alkanes of at least 4 members (excludes halogenated alkanes) is 1. The van der Waals surface area contributed by atoms with Crippen molar-refractivity contribution in [2.45, 2.75) is 52.1 Å². The van der Waals surface area contributed by atoms with Crippen molar-refractivity contribution < 1.29 is 24.4 Å². The monoisotopic (exact) mass is 462 g/mol. The Bertz CT molecular complexity index is 861. The van der Waals surface area contributed by atoms with Crippen molar-refractivity contribution in [3.05, 3.63) is 70.4 Å². The average molecular weight is 463 g/mol. The van der Waals surface area contributed by atoms with E-state index in [4.69, 9.17) is 25.8 Å². The highest BCUT2D eigenvalue weighted by atomic mass is 35.5. The number of benzene rings is 2. The highest BCUT2D eigenvalue weighted by Crippen LogP contribution is 2.34. The molecule has 2 N–H and O–H groups in total. The van der Waals surface area contributed by atoms with Gasteiger partial charge in [0.25, 0.3) is 0 Å². The van der Waals surface area contributed by atoms with Crippen molar-refractivity contribution in [2.24, 2.45) is 0 Å². The molecular formula is C26H35ClO5. The van der Waals surface area contributed by atoms with Crippen LogP contribution in [-0.2, 0) is 10.2 Å². The summed E-state index contributed by atoms with van der Waals surface area (Å²) in [5.41, 5.74) is 4.14. The van der Waals surface area contributed by atoms with Crippen molar-refractivity contribution in [2.75, 3.05) is 26.4 Å². The molecule has 0 aliphatic heterocycles. The minimum atomic E-state index is -0.645. The van der Waals surface area contributed by atoms with Gasteiger partial charge >= 0.3 is 0 Å². The smallest absolute Gasteiger partial charge is 0.146 e. The van der Waals surface area contributed by atoms with Crippen molar-refractivity contribution >= 4 is 11.6 Å². The van der Waals surface area contributed by atoms with Gasteiger partial charge in [0, 0.05) is 17.6 Å². The number of aliphatic hydroxyl groups excluding tert-OH is 2. The average Bonchev–Trinajstić information content (AvgIpc) is 2.79. The second-order valence-electron chi connectivity index (χ2n) is 8.41. The van der Waals surface area contributed by atoms with E-state index in [2.05, 4.69) is 26.8 Å². The maximum atomic E-state index is 9.99. The molecule has 0 unspecified atom stereocenters. The molecule has 0 spiro atoms. The van der Waals surface area contributed by atoms with Crippen LogP contribution in [0.5, 0.6) is 11.5 Å². The first-order chi connectivity index (χ1) is 15.3. The van der Waals surface area contributed by atoms with Crippen molar-refractivity contribution in [1.82, 2.24) is 0 Å². The maximum absolute atomic E-state index is 9.99. The molecule has 6 heteroatoms. The van der Waals surface area contributed by atoms with Gasteiger partial charge in [-0.15, -0.1) is 0 Å². The van der Waals surface area contributed by atoms with Crippen LogP contribution < -0.4 is 9.47 Å². The molecule has 1 atom stereocenters. The molecule has 0 heterocycles. The molecule has 2 rings (SSSR count). The van der Waals surface area contributed by atoms with Crippen LogP contribution in [0.4, 0.5) is 0 Å². The van der Waals surface area contributed by atoms with Gasteiger partial charge in [-0.25, -0.2) is 0 Å². The Balaban J connectivity index is 1.98. The number of halogens is 1. The first-order valence-corrected chi connectivity index (χ1v) is 11.4. The van der Waals surface area contributed by atoms with E-state index in [9.17, 15) is 10.2 Å². The van der Waals surface area contributed by atoms with Crippen LogP contribution in [0.3, 0.4) is 0 Å². The van der Waals surface area contributed by atoms with E-state index in [1.165, 1.54) is 0 Å². The van der Waals surface area contributed by atoms with Crippen LogP contribution in [0.15, 0.2) is 53.8 Å².